The highest BCUT2D eigenvalue weighted by atomic mass is 16.6. The number of ketones is 1. The Morgan fingerprint density at radius 2 is 0.552 bits per heavy atom. The fraction of sp³-hybridized carbons (Fsp3) is 0.929. The van der Waals surface area contributed by atoms with Gasteiger partial charge in [0.25, 0.3) is 0 Å². The fourth-order valence-corrected chi connectivity index (χ4v) is 5.13. The molecule has 0 amide bonds. The number of unbranched alkanes of at least 4 members (excludes halogenated alkanes) is 12. The molecule has 0 aliphatic rings. The molecule has 0 spiro atoms. The minimum absolute atomic E-state index is 0.0148. The van der Waals surface area contributed by atoms with E-state index in [1.165, 1.54) is 77.0 Å². The van der Waals surface area contributed by atoms with E-state index >= 15 is 0 Å². The summed E-state index contributed by atoms with van der Waals surface area (Å²) in [6.45, 7) is 12.9. The normalized spacial score (nSPS) is 11.4. The van der Waals surface area contributed by atoms with E-state index < -0.39 is 17.7 Å². The topological polar surface area (TPSA) is 182 Å². The number of carbonyl (C=O) groups excluding carboxylic acids is 2. The molecule has 0 aromatic heterocycles. The van der Waals surface area contributed by atoms with E-state index in [9.17, 15) is 14.4 Å². The first kappa shape index (κ1) is 56.2. The van der Waals surface area contributed by atoms with Crippen LogP contribution in [0.25, 0.3) is 0 Å². The van der Waals surface area contributed by atoms with Gasteiger partial charge in [0.2, 0.25) is 5.78 Å². The van der Waals surface area contributed by atoms with Crippen LogP contribution in [0.1, 0.15) is 103 Å². The number of carboxylic acid groups (broad SMARTS) is 1. The zero-order valence-corrected chi connectivity index (χ0v) is 35.9. The van der Waals surface area contributed by atoms with Crippen molar-refractivity contribution in [3.63, 3.8) is 0 Å². The predicted molar refractivity (Wildman–Crippen MR) is 218 cm³/mol. The Hall–Kier alpha value is -1.83. The largest absolute Gasteiger partial charge is 0.476 e. The summed E-state index contributed by atoms with van der Waals surface area (Å²) in [5.74, 6) is -3.23. The second kappa shape index (κ2) is 49.5. The Balaban J connectivity index is 3.11. The van der Waals surface area contributed by atoms with E-state index in [2.05, 4.69) is 6.92 Å². The third-order valence-corrected chi connectivity index (χ3v) is 8.40. The summed E-state index contributed by atoms with van der Waals surface area (Å²) in [6, 6.07) is 0. The summed E-state index contributed by atoms with van der Waals surface area (Å²) in [7, 11) is 0. The third-order valence-electron chi connectivity index (χ3n) is 8.40. The Morgan fingerprint density at radius 1 is 0.310 bits per heavy atom. The molecule has 0 aromatic carbocycles. The molecule has 0 bridgehead atoms. The maximum atomic E-state index is 11.4. The minimum Gasteiger partial charge on any atom is -0.476 e. The van der Waals surface area contributed by atoms with Crippen molar-refractivity contribution in [1.29, 1.82) is 0 Å². The van der Waals surface area contributed by atoms with Crippen molar-refractivity contribution >= 4 is 17.7 Å². The van der Waals surface area contributed by atoms with Gasteiger partial charge in [-0.15, -0.1) is 0 Å². The van der Waals surface area contributed by atoms with Crippen LogP contribution in [0.2, 0.25) is 0 Å². The van der Waals surface area contributed by atoms with Gasteiger partial charge in [0.05, 0.1) is 145 Å². The van der Waals surface area contributed by atoms with Gasteiger partial charge in [0.15, 0.2) is 0 Å². The van der Waals surface area contributed by atoms with E-state index in [4.69, 9.17) is 61.9 Å². The van der Waals surface area contributed by atoms with Crippen LogP contribution >= 0.6 is 0 Å². The van der Waals surface area contributed by atoms with Crippen LogP contribution in [-0.2, 0) is 71.2 Å². The summed E-state index contributed by atoms with van der Waals surface area (Å²) in [6.07, 6.45) is 17.0. The smallest absolute Gasteiger partial charge is 0.372 e. The number of rotatable bonds is 51. The number of hydrogen-bond acceptors (Lipinski definition) is 15. The predicted octanol–water partition coefficient (Wildman–Crippen LogP) is 5.24. The molecule has 58 heavy (non-hydrogen) atoms. The van der Waals surface area contributed by atoms with Gasteiger partial charge in [-0.05, 0) is 6.42 Å². The Bertz CT molecular complexity index is 865. The molecule has 16 heteroatoms. The molecular weight excluding hydrogens is 760 g/mol. The lowest BCUT2D eigenvalue weighted by atomic mass is 10.0. The summed E-state index contributed by atoms with van der Waals surface area (Å²) < 4.78 is 65.1. The Labute approximate surface area is 348 Å². The summed E-state index contributed by atoms with van der Waals surface area (Å²) >= 11 is 0. The van der Waals surface area contributed by atoms with Crippen LogP contribution in [0.15, 0.2) is 0 Å². The number of esters is 1. The van der Waals surface area contributed by atoms with Crippen LogP contribution in [0, 0.1) is 0 Å². The van der Waals surface area contributed by atoms with E-state index in [1.807, 2.05) is 0 Å². The van der Waals surface area contributed by atoms with Crippen LogP contribution in [-0.4, -0.2) is 175 Å². The Kier molecular flexibility index (Phi) is 48.0. The molecule has 0 unspecified atom stereocenters. The molecule has 0 aliphatic heterocycles. The number of Topliss-reactive ketones (excluding diaryl/α,β-unsaturated/α-hetero) is 1. The highest BCUT2D eigenvalue weighted by Crippen LogP contribution is 2.12. The quantitative estimate of drug-likeness (QED) is 0.0477. The number of carbonyl (C=O) groups is 3. The number of ether oxygens (including phenoxy) is 12. The molecule has 0 atom stereocenters. The number of hydrogen-bond donors (Lipinski definition) is 1. The number of carboxylic acids is 1. The average molecular weight is 841 g/mol. The fourth-order valence-electron chi connectivity index (χ4n) is 5.13. The molecule has 16 nitrogen and oxygen atoms in total. The van der Waals surface area contributed by atoms with E-state index in [1.54, 1.807) is 0 Å². The van der Waals surface area contributed by atoms with E-state index in [0.717, 1.165) is 13.0 Å². The van der Waals surface area contributed by atoms with Crippen LogP contribution in [0.3, 0.4) is 0 Å². The lowest BCUT2D eigenvalue weighted by Gasteiger charge is -2.09. The van der Waals surface area contributed by atoms with Crippen LogP contribution < -0.4 is 0 Å². The minimum atomic E-state index is -1.56. The van der Waals surface area contributed by atoms with Crippen LogP contribution in [0.5, 0.6) is 0 Å². The molecule has 1 N–H and O–H groups in total. The lowest BCUT2D eigenvalue weighted by molar-refractivity contribution is -0.151. The van der Waals surface area contributed by atoms with Gasteiger partial charge >= 0.3 is 11.9 Å². The van der Waals surface area contributed by atoms with Crippen molar-refractivity contribution in [2.24, 2.45) is 0 Å². The van der Waals surface area contributed by atoms with Crippen molar-refractivity contribution in [2.75, 3.05) is 152 Å². The summed E-state index contributed by atoms with van der Waals surface area (Å²) in [5, 5.41) is 8.46. The highest BCUT2D eigenvalue weighted by Gasteiger charge is 2.14. The molecule has 0 aromatic rings. The molecule has 0 radical (unpaired) electrons. The van der Waals surface area contributed by atoms with Crippen molar-refractivity contribution in [3.8, 4) is 0 Å². The maximum Gasteiger partial charge on any atom is 0.372 e. The number of aliphatic carboxylic acids is 1. The van der Waals surface area contributed by atoms with Crippen LogP contribution in [0.4, 0.5) is 0 Å². The molecule has 0 rings (SSSR count). The van der Waals surface area contributed by atoms with Gasteiger partial charge in [0.1, 0.15) is 6.61 Å². The van der Waals surface area contributed by atoms with E-state index in [-0.39, 0.29) is 26.1 Å². The second-order valence-electron chi connectivity index (χ2n) is 13.4. The lowest BCUT2D eigenvalue weighted by Crippen LogP contribution is -2.17. The van der Waals surface area contributed by atoms with Gasteiger partial charge in [-0.2, -0.15) is 0 Å². The molecule has 0 heterocycles. The monoisotopic (exact) mass is 841 g/mol. The summed E-state index contributed by atoms with van der Waals surface area (Å²) in [4.78, 5) is 32.7. The highest BCUT2D eigenvalue weighted by molar-refractivity contribution is 6.32. The first-order valence-electron chi connectivity index (χ1n) is 21.8. The maximum absolute atomic E-state index is 11.4. The van der Waals surface area contributed by atoms with Gasteiger partial charge < -0.3 is 61.9 Å². The van der Waals surface area contributed by atoms with Crippen molar-refractivity contribution < 1.29 is 76.3 Å². The molecule has 0 aliphatic carbocycles. The molecular formula is C42H80O16. The van der Waals surface area contributed by atoms with Crippen molar-refractivity contribution in [1.82, 2.24) is 0 Å². The van der Waals surface area contributed by atoms with E-state index in [0.29, 0.717) is 132 Å². The molecule has 344 valence electrons. The standard InChI is InChI=1S/C42H80O16/c1-2-3-4-5-6-7-8-9-10-11-12-13-14-17-47-18-19-48-20-21-49-22-23-50-24-25-51-26-27-52-28-29-53-30-31-54-32-33-55-34-35-56-36-37-57-38-39-58-41(44)16-15-40(43)42(45)46/h2-39H2,1H3,(H,45,46). The van der Waals surface area contributed by atoms with Gasteiger partial charge in [-0.25, -0.2) is 4.79 Å². The Morgan fingerprint density at radius 3 is 0.828 bits per heavy atom. The van der Waals surface area contributed by atoms with Crippen molar-refractivity contribution in [3.05, 3.63) is 0 Å². The third kappa shape index (κ3) is 48.5. The molecule has 0 fully saturated rings. The summed E-state index contributed by atoms with van der Waals surface area (Å²) in [5.41, 5.74) is 0. The van der Waals surface area contributed by atoms with Gasteiger partial charge in [0, 0.05) is 13.0 Å². The first-order valence-corrected chi connectivity index (χ1v) is 21.8. The zero-order chi connectivity index (χ0) is 42.1. The zero-order valence-electron chi connectivity index (χ0n) is 35.9. The van der Waals surface area contributed by atoms with Gasteiger partial charge in [-0.1, -0.05) is 84.0 Å². The molecule has 0 saturated heterocycles. The molecule has 0 saturated carbocycles. The SMILES string of the molecule is CCCCCCCCCCCCCCCOCCOCCOCCOCCOCCOCCOCCOCCOCCOCCOCCOC(=O)CCC(=O)C(=O)O. The first-order chi connectivity index (χ1) is 28.6. The van der Waals surface area contributed by atoms with Gasteiger partial charge in [-0.3, -0.25) is 9.59 Å². The average Bonchev–Trinajstić information content (AvgIpc) is 3.22. The van der Waals surface area contributed by atoms with Crippen molar-refractivity contribution in [2.45, 2.75) is 103 Å². The second-order valence-corrected chi connectivity index (χ2v) is 13.4.